The summed E-state index contributed by atoms with van der Waals surface area (Å²) < 4.78 is 0. The van der Waals surface area contributed by atoms with Gasteiger partial charge in [-0.3, -0.25) is 29.8 Å². The van der Waals surface area contributed by atoms with E-state index in [-0.39, 0.29) is 37.2 Å². The number of nitriles is 2. The minimum atomic E-state index is -0.809. The van der Waals surface area contributed by atoms with Crippen LogP contribution < -0.4 is 10.6 Å². The summed E-state index contributed by atoms with van der Waals surface area (Å²) in [5.74, 6) is -0.907. The van der Waals surface area contributed by atoms with Gasteiger partial charge in [-0.15, -0.1) is 0 Å². The molecule has 0 bridgehead atoms. The van der Waals surface area contributed by atoms with E-state index in [4.69, 9.17) is 10.5 Å². The Kier molecular flexibility index (Phi) is 9.95. The fraction of sp³-hybridized carbons (Fsp3) is 0.684. The highest BCUT2D eigenvalue weighted by Crippen LogP contribution is 2.24. The van der Waals surface area contributed by atoms with E-state index in [1.165, 1.54) is 0 Å². The molecule has 0 radical (unpaired) electrons. The summed E-state index contributed by atoms with van der Waals surface area (Å²) in [6.45, 7) is 6.67. The molecular weight excluding hydrogens is 348 g/mol. The Bertz CT molecular complexity index is 598. The highest BCUT2D eigenvalue weighted by atomic mass is 16.2. The summed E-state index contributed by atoms with van der Waals surface area (Å²) in [5, 5.41) is 21.1. The highest BCUT2D eigenvalue weighted by Gasteiger charge is 2.29. The topological polar surface area (TPSA) is 140 Å². The van der Waals surface area contributed by atoms with Crippen LogP contribution in [-0.4, -0.2) is 23.4 Å². The predicted molar refractivity (Wildman–Crippen MR) is 97.4 cm³/mol. The van der Waals surface area contributed by atoms with Gasteiger partial charge in [-0.2, -0.15) is 10.5 Å². The van der Waals surface area contributed by atoms with Crippen molar-refractivity contribution in [3.63, 3.8) is 0 Å². The molecule has 27 heavy (non-hydrogen) atoms. The molecule has 0 rings (SSSR count). The molecular formula is C19H28N4O4. The van der Waals surface area contributed by atoms with Gasteiger partial charge in [-0.1, -0.05) is 27.7 Å². The summed E-state index contributed by atoms with van der Waals surface area (Å²) >= 11 is 0. The minimum absolute atomic E-state index is 0.0330. The van der Waals surface area contributed by atoms with Crippen molar-refractivity contribution in [2.24, 2.45) is 10.8 Å². The Hall–Kier alpha value is -2.74. The van der Waals surface area contributed by atoms with E-state index in [9.17, 15) is 19.2 Å². The fourth-order valence-electron chi connectivity index (χ4n) is 2.30. The lowest BCUT2D eigenvalue weighted by Crippen LogP contribution is -2.34. The van der Waals surface area contributed by atoms with E-state index in [1.807, 2.05) is 0 Å². The summed E-state index contributed by atoms with van der Waals surface area (Å²) in [6, 6.07) is 0. The third kappa shape index (κ3) is 9.50. The van der Waals surface area contributed by atoms with Crippen molar-refractivity contribution in [2.75, 3.05) is 0 Å². The maximum absolute atomic E-state index is 11.9. The molecule has 0 aliphatic heterocycles. The first kappa shape index (κ1) is 24.3. The maximum atomic E-state index is 11.9. The second-order valence-electron chi connectivity index (χ2n) is 7.83. The Morgan fingerprint density at radius 1 is 0.704 bits per heavy atom. The first-order chi connectivity index (χ1) is 12.5. The first-order valence-electron chi connectivity index (χ1n) is 8.89. The molecule has 0 aromatic carbocycles. The van der Waals surface area contributed by atoms with E-state index in [2.05, 4.69) is 10.6 Å². The van der Waals surface area contributed by atoms with Gasteiger partial charge in [-0.05, 0) is 19.3 Å². The number of ketones is 2. The lowest BCUT2D eigenvalue weighted by Gasteiger charge is -2.21. The Morgan fingerprint density at radius 3 is 1.33 bits per heavy atom. The summed E-state index contributed by atoms with van der Waals surface area (Å²) in [6.07, 6.45) is 5.16. The number of nitrogens with one attached hydrogen (secondary N) is 2. The van der Waals surface area contributed by atoms with E-state index in [0.29, 0.717) is 19.3 Å². The number of amides is 2. The van der Waals surface area contributed by atoms with Crippen molar-refractivity contribution in [3.05, 3.63) is 0 Å². The molecule has 148 valence electrons. The van der Waals surface area contributed by atoms with Crippen LogP contribution >= 0.6 is 0 Å². The smallest absolute Gasteiger partial charge is 0.238 e. The van der Waals surface area contributed by atoms with Gasteiger partial charge < -0.3 is 0 Å². The fourth-order valence-corrected chi connectivity index (χ4v) is 2.30. The van der Waals surface area contributed by atoms with Gasteiger partial charge in [0.25, 0.3) is 0 Å². The van der Waals surface area contributed by atoms with E-state index in [0.717, 1.165) is 0 Å². The maximum Gasteiger partial charge on any atom is 0.238 e. The molecule has 8 nitrogen and oxygen atoms in total. The number of rotatable bonds is 12. The molecule has 0 aliphatic rings. The molecule has 0 fully saturated rings. The van der Waals surface area contributed by atoms with Crippen LogP contribution in [0.3, 0.4) is 0 Å². The molecule has 0 saturated carbocycles. The van der Waals surface area contributed by atoms with Crippen LogP contribution in [-0.2, 0) is 19.2 Å². The van der Waals surface area contributed by atoms with Crippen LogP contribution in [0.1, 0.15) is 72.6 Å². The number of hydrogen-bond donors (Lipinski definition) is 2. The van der Waals surface area contributed by atoms with Gasteiger partial charge in [0, 0.05) is 36.5 Å². The van der Waals surface area contributed by atoms with Crippen LogP contribution in [0.15, 0.2) is 0 Å². The van der Waals surface area contributed by atoms with Gasteiger partial charge in [0.05, 0.1) is 0 Å². The van der Waals surface area contributed by atoms with Crippen molar-refractivity contribution in [2.45, 2.75) is 72.6 Å². The van der Waals surface area contributed by atoms with Crippen molar-refractivity contribution in [1.29, 1.82) is 10.5 Å². The summed E-state index contributed by atoms with van der Waals surface area (Å²) in [7, 11) is 0. The SMILES string of the molecule is CC(C)(CCC(=O)CCCC(=O)CCC(C)(C)C(=O)NC#N)C(=O)NC#N. The van der Waals surface area contributed by atoms with Crippen LogP contribution in [0.25, 0.3) is 0 Å². The standard InChI is InChI=1S/C19H28N4O4/c1-18(2,16(26)22-12-20)10-8-14(24)6-5-7-15(25)9-11-19(3,4)17(27)23-13-21/h5-11H2,1-4H3,(H,22,26)(H,23,27). The lowest BCUT2D eigenvalue weighted by atomic mass is 9.85. The summed E-state index contributed by atoms with van der Waals surface area (Å²) in [5.41, 5.74) is -1.62. The van der Waals surface area contributed by atoms with E-state index < -0.39 is 22.6 Å². The molecule has 0 saturated heterocycles. The second kappa shape index (κ2) is 11.1. The molecule has 8 heteroatoms. The normalized spacial score (nSPS) is 11.0. The number of Topliss-reactive ketones (excluding diaryl/α,β-unsaturated/α-hetero) is 2. The van der Waals surface area contributed by atoms with Crippen LogP contribution in [0.4, 0.5) is 0 Å². The second-order valence-corrected chi connectivity index (χ2v) is 7.83. The molecule has 0 spiro atoms. The molecule has 2 amide bonds. The van der Waals surface area contributed by atoms with Gasteiger partial charge in [-0.25, -0.2) is 0 Å². The van der Waals surface area contributed by atoms with Crippen molar-refractivity contribution in [1.82, 2.24) is 10.6 Å². The molecule has 0 aromatic heterocycles. The monoisotopic (exact) mass is 376 g/mol. The predicted octanol–water partition coefficient (Wildman–Crippen LogP) is 2.10. The average Bonchev–Trinajstić information content (AvgIpc) is 2.59. The number of carbonyl (C=O) groups excluding carboxylic acids is 4. The summed E-state index contributed by atoms with van der Waals surface area (Å²) in [4.78, 5) is 47.3. The minimum Gasteiger partial charge on any atom is -0.300 e. The van der Waals surface area contributed by atoms with Crippen LogP contribution in [0.5, 0.6) is 0 Å². The van der Waals surface area contributed by atoms with Crippen molar-refractivity contribution >= 4 is 23.4 Å². The third-order valence-electron chi connectivity index (χ3n) is 4.54. The van der Waals surface area contributed by atoms with E-state index >= 15 is 0 Å². The van der Waals surface area contributed by atoms with Crippen molar-refractivity contribution < 1.29 is 19.2 Å². The van der Waals surface area contributed by atoms with Gasteiger partial charge >= 0.3 is 0 Å². The lowest BCUT2D eigenvalue weighted by molar-refractivity contribution is -0.130. The Balaban J connectivity index is 4.16. The zero-order chi connectivity index (χ0) is 21.1. The third-order valence-corrected chi connectivity index (χ3v) is 4.54. The van der Waals surface area contributed by atoms with Crippen molar-refractivity contribution in [3.8, 4) is 12.4 Å². The van der Waals surface area contributed by atoms with Gasteiger partial charge in [0.2, 0.25) is 11.8 Å². The number of carbonyl (C=O) groups is 4. The van der Waals surface area contributed by atoms with Gasteiger partial charge in [0.1, 0.15) is 11.6 Å². The molecule has 2 N–H and O–H groups in total. The van der Waals surface area contributed by atoms with Crippen LogP contribution in [0, 0.1) is 33.7 Å². The number of nitrogens with zero attached hydrogens (tertiary/aromatic N) is 2. The zero-order valence-corrected chi connectivity index (χ0v) is 16.5. The molecule has 0 unspecified atom stereocenters. The molecule has 0 atom stereocenters. The number of hydrogen-bond acceptors (Lipinski definition) is 6. The largest absolute Gasteiger partial charge is 0.300 e. The van der Waals surface area contributed by atoms with Crippen LogP contribution in [0.2, 0.25) is 0 Å². The highest BCUT2D eigenvalue weighted by molar-refractivity contribution is 5.86. The molecule has 0 heterocycles. The van der Waals surface area contributed by atoms with E-state index in [1.54, 1.807) is 40.1 Å². The zero-order valence-electron chi connectivity index (χ0n) is 16.5. The Labute approximate surface area is 160 Å². The quantitative estimate of drug-likeness (QED) is 0.395. The van der Waals surface area contributed by atoms with Gasteiger partial charge in [0.15, 0.2) is 12.4 Å². The Morgan fingerprint density at radius 2 is 1.04 bits per heavy atom. The molecule has 0 aliphatic carbocycles. The molecule has 0 aromatic rings. The first-order valence-corrected chi connectivity index (χ1v) is 8.89. The average molecular weight is 376 g/mol.